The van der Waals surface area contributed by atoms with Crippen LogP contribution in [0.4, 0.5) is 0 Å². The molecule has 0 saturated carbocycles. The Hall–Kier alpha value is -1.52. The molecule has 0 aliphatic rings. The summed E-state index contributed by atoms with van der Waals surface area (Å²) < 4.78 is 10.6. The van der Waals surface area contributed by atoms with Crippen LogP contribution in [0.25, 0.3) is 0 Å². The molecule has 1 aromatic carbocycles. The minimum Gasteiger partial charge on any atom is -0.493 e. The van der Waals surface area contributed by atoms with Crippen molar-refractivity contribution in [2.75, 3.05) is 14.2 Å². The monoisotopic (exact) mass is 291 g/mol. The van der Waals surface area contributed by atoms with Gasteiger partial charge in [0.2, 0.25) is 0 Å². The normalized spacial score (nSPS) is 12.2. The summed E-state index contributed by atoms with van der Waals surface area (Å²) in [6.07, 6.45) is 0. The van der Waals surface area contributed by atoms with Gasteiger partial charge in [0.25, 0.3) is 0 Å². The minimum atomic E-state index is 0.261. The van der Waals surface area contributed by atoms with Crippen molar-refractivity contribution in [1.82, 2.24) is 5.32 Å². The highest BCUT2D eigenvalue weighted by molar-refractivity contribution is 7.11. The quantitative estimate of drug-likeness (QED) is 0.875. The third-order valence-electron chi connectivity index (χ3n) is 3.29. The van der Waals surface area contributed by atoms with Crippen LogP contribution < -0.4 is 14.8 Å². The predicted octanol–water partition coefficient (Wildman–Crippen LogP) is 3.92. The van der Waals surface area contributed by atoms with Gasteiger partial charge in [0, 0.05) is 22.3 Å². The summed E-state index contributed by atoms with van der Waals surface area (Å²) in [5, 5.41) is 3.53. The lowest BCUT2D eigenvalue weighted by atomic mass is 10.1. The van der Waals surface area contributed by atoms with E-state index in [1.807, 2.05) is 23.5 Å². The van der Waals surface area contributed by atoms with E-state index in [1.54, 1.807) is 14.2 Å². The maximum absolute atomic E-state index is 5.34. The van der Waals surface area contributed by atoms with E-state index < -0.39 is 0 Å². The smallest absolute Gasteiger partial charge is 0.161 e. The van der Waals surface area contributed by atoms with Crippen molar-refractivity contribution in [2.24, 2.45) is 0 Å². The zero-order valence-electron chi connectivity index (χ0n) is 12.4. The number of benzene rings is 1. The number of rotatable bonds is 6. The highest BCUT2D eigenvalue weighted by Crippen LogP contribution is 2.30. The summed E-state index contributed by atoms with van der Waals surface area (Å²) in [4.78, 5) is 2.70. The average molecular weight is 291 g/mol. The SMILES string of the molecule is COc1ccc(C(C)NCc2ccc(C)s2)cc1OC. The van der Waals surface area contributed by atoms with Gasteiger partial charge in [0.15, 0.2) is 11.5 Å². The van der Waals surface area contributed by atoms with Crippen LogP contribution in [-0.2, 0) is 6.54 Å². The number of ether oxygens (including phenoxy) is 2. The zero-order chi connectivity index (χ0) is 14.5. The Morgan fingerprint density at radius 1 is 1.10 bits per heavy atom. The van der Waals surface area contributed by atoms with Gasteiger partial charge in [0.1, 0.15) is 0 Å². The summed E-state index contributed by atoms with van der Waals surface area (Å²) in [7, 11) is 3.31. The van der Waals surface area contributed by atoms with E-state index in [9.17, 15) is 0 Å². The van der Waals surface area contributed by atoms with Gasteiger partial charge in [-0.05, 0) is 43.7 Å². The Bertz CT molecular complexity index is 565. The Balaban J connectivity index is 2.03. The second kappa shape index (κ2) is 6.77. The first-order chi connectivity index (χ1) is 9.63. The molecule has 0 aliphatic heterocycles. The molecule has 0 spiro atoms. The van der Waals surface area contributed by atoms with Crippen molar-refractivity contribution in [3.05, 3.63) is 45.6 Å². The summed E-state index contributed by atoms with van der Waals surface area (Å²) in [6, 6.07) is 10.6. The number of thiophene rings is 1. The molecule has 2 rings (SSSR count). The van der Waals surface area contributed by atoms with E-state index >= 15 is 0 Å². The highest BCUT2D eigenvalue weighted by Gasteiger charge is 2.10. The van der Waals surface area contributed by atoms with Gasteiger partial charge >= 0.3 is 0 Å². The van der Waals surface area contributed by atoms with Gasteiger partial charge in [-0.1, -0.05) is 6.07 Å². The highest BCUT2D eigenvalue weighted by atomic mass is 32.1. The van der Waals surface area contributed by atoms with Crippen LogP contribution >= 0.6 is 11.3 Å². The molecular weight excluding hydrogens is 270 g/mol. The fourth-order valence-corrected chi connectivity index (χ4v) is 2.92. The first kappa shape index (κ1) is 14.9. The van der Waals surface area contributed by atoms with Crippen LogP contribution in [0, 0.1) is 6.92 Å². The van der Waals surface area contributed by atoms with Crippen LogP contribution in [0.5, 0.6) is 11.5 Å². The van der Waals surface area contributed by atoms with Crippen molar-refractivity contribution in [2.45, 2.75) is 26.4 Å². The van der Waals surface area contributed by atoms with E-state index in [-0.39, 0.29) is 6.04 Å². The zero-order valence-corrected chi connectivity index (χ0v) is 13.2. The molecule has 1 atom stereocenters. The van der Waals surface area contributed by atoms with Crippen molar-refractivity contribution >= 4 is 11.3 Å². The van der Waals surface area contributed by atoms with Crippen LogP contribution in [0.2, 0.25) is 0 Å². The van der Waals surface area contributed by atoms with Crippen LogP contribution in [0.3, 0.4) is 0 Å². The topological polar surface area (TPSA) is 30.5 Å². The third kappa shape index (κ3) is 3.52. The summed E-state index contributed by atoms with van der Waals surface area (Å²) in [6.45, 7) is 5.17. The Labute approximate surface area is 124 Å². The van der Waals surface area contributed by atoms with Crippen LogP contribution in [0.15, 0.2) is 30.3 Å². The Morgan fingerprint density at radius 3 is 2.45 bits per heavy atom. The third-order valence-corrected chi connectivity index (χ3v) is 4.29. The van der Waals surface area contributed by atoms with Crippen molar-refractivity contribution in [3.63, 3.8) is 0 Å². The molecule has 3 nitrogen and oxygen atoms in total. The van der Waals surface area contributed by atoms with Crippen LogP contribution in [0.1, 0.15) is 28.3 Å². The number of hydrogen-bond acceptors (Lipinski definition) is 4. The molecule has 0 amide bonds. The maximum atomic E-state index is 5.34. The molecule has 4 heteroatoms. The second-order valence-corrected chi connectivity index (χ2v) is 6.10. The van der Waals surface area contributed by atoms with E-state index in [2.05, 4.69) is 37.4 Å². The lowest BCUT2D eigenvalue weighted by Crippen LogP contribution is -2.17. The Kier molecular flexibility index (Phi) is 5.04. The fraction of sp³-hybridized carbons (Fsp3) is 0.375. The molecule has 1 N–H and O–H groups in total. The largest absolute Gasteiger partial charge is 0.493 e. The number of nitrogens with one attached hydrogen (secondary N) is 1. The molecule has 0 fully saturated rings. The van der Waals surface area contributed by atoms with Crippen LogP contribution in [-0.4, -0.2) is 14.2 Å². The molecule has 1 heterocycles. The molecule has 1 unspecified atom stereocenters. The average Bonchev–Trinajstić information content (AvgIpc) is 2.89. The molecule has 0 saturated heterocycles. The lowest BCUT2D eigenvalue weighted by Gasteiger charge is -2.16. The summed E-state index contributed by atoms with van der Waals surface area (Å²) in [5.41, 5.74) is 1.19. The minimum absolute atomic E-state index is 0.261. The van der Waals surface area contributed by atoms with E-state index in [0.717, 1.165) is 18.0 Å². The van der Waals surface area contributed by atoms with E-state index in [1.165, 1.54) is 15.3 Å². The number of hydrogen-bond donors (Lipinski definition) is 1. The van der Waals surface area contributed by atoms with Crippen molar-refractivity contribution in [1.29, 1.82) is 0 Å². The van der Waals surface area contributed by atoms with Gasteiger partial charge in [-0.3, -0.25) is 0 Å². The molecular formula is C16H21NO2S. The molecule has 1 aromatic heterocycles. The van der Waals surface area contributed by atoms with Gasteiger partial charge in [-0.15, -0.1) is 11.3 Å². The molecule has 108 valence electrons. The molecule has 0 bridgehead atoms. The first-order valence-corrected chi connectivity index (χ1v) is 7.46. The molecule has 20 heavy (non-hydrogen) atoms. The van der Waals surface area contributed by atoms with Gasteiger partial charge in [-0.25, -0.2) is 0 Å². The Morgan fingerprint density at radius 2 is 1.85 bits per heavy atom. The first-order valence-electron chi connectivity index (χ1n) is 6.64. The molecule has 0 radical (unpaired) electrons. The second-order valence-electron chi connectivity index (χ2n) is 4.73. The van der Waals surface area contributed by atoms with E-state index in [0.29, 0.717) is 0 Å². The van der Waals surface area contributed by atoms with Crippen molar-refractivity contribution in [3.8, 4) is 11.5 Å². The standard InChI is InChI=1S/C16H21NO2S/c1-11-5-7-14(20-11)10-17-12(2)13-6-8-15(18-3)16(9-13)19-4/h5-9,12,17H,10H2,1-4H3. The molecule has 2 aromatic rings. The maximum Gasteiger partial charge on any atom is 0.161 e. The molecule has 0 aliphatic carbocycles. The predicted molar refractivity (Wildman–Crippen MR) is 83.9 cm³/mol. The van der Waals surface area contributed by atoms with Gasteiger partial charge in [0.05, 0.1) is 14.2 Å². The summed E-state index contributed by atoms with van der Waals surface area (Å²) in [5.74, 6) is 1.53. The van der Waals surface area contributed by atoms with Gasteiger partial charge in [-0.2, -0.15) is 0 Å². The number of aryl methyl sites for hydroxylation is 1. The number of methoxy groups -OCH3 is 2. The van der Waals surface area contributed by atoms with Gasteiger partial charge < -0.3 is 14.8 Å². The summed E-state index contributed by atoms with van der Waals surface area (Å²) >= 11 is 1.83. The van der Waals surface area contributed by atoms with E-state index in [4.69, 9.17) is 9.47 Å². The lowest BCUT2D eigenvalue weighted by molar-refractivity contribution is 0.354. The van der Waals surface area contributed by atoms with Crippen molar-refractivity contribution < 1.29 is 9.47 Å². The fourth-order valence-electron chi connectivity index (χ4n) is 2.07.